The van der Waals surface area contributed by atoms with Crippen LogP contribution in [0.4, 0.5) is 11.4 Å². The van der Waals surface area contributed by atoms with Crippen molar-refractivity contribution in [3.8, 4) is 0 Å². The van der Waals surface area contributed by atoms with Crippen LogP contribution in [0.15, 0.2) is 18.2 Å². The summed E-state index contributed by atoms with van der Waals surface area (Å²) < 4.78 is -2.08. The van der Waals surface area contributed by atoms with Gasteiger partial charge in [0.2, 0.25) is 5.91 Å². The number of halogens is 3. The van der Waals surface area contributed by atoms with E-state index in [2.05, 4.69) is 10.6 Å². The van der Waals surface area contributed by atoms with E-state index in [0.29, 0.717) is 11.4 Å². The second-order valence-electron chi connectivity index (χ2n) is 4.09. The van der Waals surface area contributed by atoms with Crippen LogP contribution in [-0.2, 0) is 9.59 Å². The minimum atomic E-state index is -2.08. The largest absolute Gasteiger partial charge is 0.330 e. The van der Waals surface area contributed by atoms with Crippen LogP contribution < -0.4 is 16.4 Å². The Labute approximate surface area is 131 Å². The Hall–Kier alpha value is -1.01. The minimum absolute atomic E-state index is 0.172. The average Bonchev–Trinajstić information content (AvgIpc) is 2.31. The van der Waals surface area contributed by atoms with Crippen LogP contribution in [-0.4, -0.2) is 22.2 Å². The highest BCUT2D eigenvalue weighted by Gasteiger charge is 2.31. The third-order valence-corrected chi connectivity index (χ3v) is 2.84. The molecular weight excluding hydrogens is 325 g/mol. The molecule has 0 saturated carbocycles. The van der Waals surface area contributed by atoms with Gasteiger partial charge < -0.3 is 16.4 Å². The zero-order chi connectivity index (χ0) is 15.3. The lowest BCUT2D eigenvalue weighted by atomic mass is 10.2. The van der Waals surface area contributed by atoms with E-state index in [1.807, 2.05) is 6.92 Å². The van der Waals surface area contributed by atoms with Crippen LogP contribution in [0.25, 0.3) is 0 Å². The minimum Gasteiger partial charge on any atom is -0.330 e. The number of carbonyl (C=O) groups excluding carboxylic acids is 2. The van der Waals surface area contributed by atoms with E-state index in [1.54, 1.807) is 18.2 Å². The molecule has 0 bridgehead atoms. The monoisotopic (exact) mass is 337 g/mol. The lowest BCUT2D eigenvalue weighted by Crippen LogP contribution is -2.27. The van der Waals surface area contributed by atoms with Crippen LogP contribution in [0.2, 0.25) is 0 Å². The van der Waals surface area contributed by atoms with Gasteiger partial charge in [0.1, 0.15) is 0 Å². The smallest absolute Gasteiger partial charge is 0.276 e. The summed E-state index contributed by atoms with van der Waals surface area (Å²) >= 11 is 16.5. The number of nitrogens with one attached hydrogen (secondary N) is 2. The van der Waals surface area contributed by atoms with Crippen molar-refractivity contribution in [2.24, 2.45) is 5.73 Å². The fourth-order valence-corrected chi connectivity index (χ4v) is 1.55. The average molecular weight is 339 g/mol. The molecule has 4 N–H and O–H groups in total. The molecule has 0 fully saturated rings. The number of amides is 2. The number of nitrogens with two attached hydrogens (primary N) is 1. The van der Waals surface area contributed by atoms with Gasteiger partial charge in [-0.1, -0.05) is 40.9 Å². The SMILES string of the molecule is Cc1ccc(NC(=O)C(Cl)(Cl)Cl)c(NC(=O)CCN)c1. The molecule has 0 saturated heterocycles. The summed E-state index contributed by atoms with van der Waals surface area (Å²) in [5.74, 6) is -1.07. The Bertz CT molecular complexity index is 515. The molecule has 0 aliphatic carbocycles. The van der Waals surface area contributed by atoms with Crippen molar-refractivity contribution >= 4 is 58.0 Å². The summed E-state index contributed by atoms with van der Waals surface area (Å²) in [7, 11) is 0. The van der Waals surface area contributed by atoms with Gasteiger partial charge in [0.15, 0.2) is 0 Å². The first-order valence-corrected chi connectivity index (χ1v) is 6.86. The van der Waals surface area contributed by atoms with Crippen LogP contribution in [0.3, 0.4) is 0 Å². The molecule has 0 atom stereocenters. The highest BCUT2D eigenvalue weighted by molar-refractivity contribution is 6.76. The molecule has 0 aromatic heterocycles. The Kier molecular flexibility index (Phi) is 6.07. The van der Waals surface area contributed by atoms with Crippen LogP contribution >= 0.6 is 34.8 Å². The zero-order valence-electron chi connectivity index (χ0n) is 10.7. The van der Waals surface area contributed by atoms with Crippen molar-refractivity contribution in [1.29, 1.82) is 0 Å². The third kappa shape index (κ3) is 5.17. The highest BCUT2D eigenvalue weighted by atomic mass is 35.6. The van der Waals surface area contributed by atoms with E-state index in [4.69, 9.17) is 40.5 Å². The molecule has 1 rings (SSSR count). The molecule has 20 heavy (non-hydrogen) atoms. The molecule has 1 aromatic carbocycles. The first kappa shape index (κ1) is 17.0. The zero-order valence-corrected chi connectivity index (χ0v) is 12.9. The van der Waals surface area contributed by atoms with Crippen molar-refractivity contribution in [1.82, 2.24) is 0 Å². The topological polar surface area (TPSA) is 84.2 Å². The molecule has 5 nitrogen and oxygen atoms in total. The van der Waals surface area contributed by atoms with Gasteiger partial charge in [-0.3, -0.25) is 9.59 Å². The molecule has 0 aliphatic rings. The van der Waals surface area contributed by atoms with Crippen molar-refractivity contribution in [2.45, 2.75) is 17.1 Å². The van der Waals surface area contributed by atoms with Gasteiger partial charge in [-0.15, -0.1) is 0 Å². The maximum absolute atomic E-state index is 11.6. The van der Waals surface area contributed by atoms with Gasteiger partial charge in [0.25, 0.3) is 9.70 Å². The lowest BCUT2D eigenvalue weighted by molar-refractivity contribution is -0.116. The molecule has 0 unspecified atom stereocenters. The number of aryl methyl sites for hydroxylation is 1. The normalized spacial score (nSPS) is 11.1. The predicted octanol–water partition coefficient (Wildman–Crippen LogP) is 2.59. The highest BCUT2D eigenvalue weighted by Crippen LogP contribution is 2.30. The van der Waals surface area contributed by atoms with Crippen LogP contribution in [0, 0.1) is 6.92 Å². The number of rotatable bonds is 4. The molecule has 8 heteroatoms. The van der Waals surface area contributed by atoms with E-state index >= 15 is 0 Å². The van der Waals surface area contributed by atoms with E-state index in [-0.39, 0.29) is 18.9 Å². The molecule has 0 aliphatic heterocycles. The number of alkyl halides is 3. The van der Waals surface area contributed by atoms with Gasteiger partial charge in [0, 0.05) is 13.0 Å². The summed E-state index contributed by atoms with van der Waals surface area (Å²) in [5.41, 5.74) is 6.98. The summed E-state index contributed by atoms with van der Waals surface area (Å²) in [5, 5.41) is 5.09. The first-order valence-electron chi connectivity index (χ1n) is 5.73. The van der Waals surface area contributed by atoms with Gasteiger partial charge in [0.05, 0.1) is 11.4 Å². The van der Waals surface area contributed by atoms with Crippen molar-refractivity contribution < 1.29 is 9.59 Å². The second kappa shape index (κ2) is 7.13. The van der Waals surface area contributed by atoms with E-state index in [9.17, 15) is 9.59 Å². The van der Waals surface area contributed by atoms with Gasteiger partial charge in [-0.2, -0.15) is 0 Å². The molecule has 2 amide bonds. The summed E-state index contributed by atoms with van der Waals surface area (Å²) in [6.07, 6.45) is 0.172. The molecule has 110 valence electrons. The molecule has 0 spiro atoms. The van der Waals surface area contributed by atoms with Gasteiger partial charge >= 0.3 is 0 Å². The first-order chi connectivity index (χ1) is 9.24. The van der Waals surface area contributed by atoms with E-state index < -0.39 is 9.70 Å². The summed E-state index contributed by atoms with van der Waals surface area (Å²) in [6.45, 7) is 2.08. The molecule has 1 aromatic rings. The van der Waals surface area contributed by atoms with Crippen molar-refractivity contribution in [2.75, 3.05) is 17.2 Å². The maximum Gasteiger partial charge on any atom is 0.276 e. The van der Waals surface area contributed by atoms with Crippen LogP contribution in [0.5, 0.6) is 0 Å². The lowest BCUT2D eigenvalue weighted by Gasteiger charge is -2.15. The fraction of sp³-hybridized carbons (Fsp3) is 0.333. The van der Waals surface area contributed by atoms with Crippen molar-refractivity contribution in [3.63, 3.8) is 0 Å². The second-order valence-corrected chi connectivity index (χ2v) is 6.37. The van der Waals surface area contributed by atoms with E-state index in [1.165, 1.54) is 0 Å². The predicted molar refractivity (Wildman–Crippen MR) is 82.4 cm³/mol. The third-order valence-electron chi connectivity index (χ3n) is 2.33. The Morgan fingerprint density at radius 1 is 1.20 bits per heavy atom. The molecular formula is C12H14Cl3N3O2. The maximum atomic E-state index is 11.6. The number of benzene rings is 1. The van der Waals surface area contributed by atoms with Gasteiger partial charge in [-0.05, 0) is 24.6 Å². The number of anilines is 2. The molecule has 0 radical (unpaired) electrons. The number of hydrogen-bond acceptors (Lipinski definition) is 3. The number of hydrogen-bond donors (Lipinski definition) is 3. The van der Waals surface area contributed by atoms with E-state index in [0.717, 1.165) is 5.56 Å². The Balaban J connectivity index is 2.96. The summed E-state index contributed by atoms with van der Waals surface area (Å²) in [6, 6.07) is 5.07. The fourth-order valence-electron chi connectivity index (χ4n) is 1.41. The van der Waals surface area contributed by atoms with Crippen molar-refractivity contribution in [3.05, 3.63) is 23.8 Å². The Morgan fingerprint density at radius 2 is 1.85 bits per heavy atom. The van der Waals surface area contributed by atoms with Gasteiger partial charge in [-0.25, -0.2) is 0 Å². The van der Waals surface area contributed by atoms with Crippen LogP contribution in [0.1, 0.15) is 12.0 Å². The number of carbonyl (C=O) groups is 2. The standard InChI is InChI=1S/C12H14Cl3N3O2/c1-7-2-3-8(18-11(20)12(13,14)15)9(6-7)17-10(19)4-5-16/h2-3,6H,4-5,16H2,1H3,(H,17,19)(H,18,20). The summed E-state index contributed by atoms with van der Waals surface area (Å²) in [4.78, 5) is 23.2. The quantitative estimate of drug-likeness (QED) is 0.738. The Morgan fingerprint density at radius 3 is 2.40 bits per heavy atom. The molecule has 0 heterocycles.